The van der Waals surface area contributed by atoms with Gasteiger partial charge >= 0.3 is 0 Å². The molecule has 0 aliphatic carbocycles. The molecule has 0 aliphatic heterocycles. The van der Waals surface area contributed by atoms with Crippen LogP contribution < -0.4 is 5.73 Å². The van der Waals surface area contributed by atoms with Crippen molar-refractivity contribution in [1.82, 2.24) is 14.9 Å². The van der Waals surface area contributed by atoms with Crippen LogP contribution in [0.2, 0.25) is 0 Å². The number of aromatic nitrogens is 2. The zero-order valence-electron chi connectivity index (χ0n) is 12.3. The molecule has 5 nitrogen and oxygen atoms in total. The number of hydrogen-bond donors (Lipinski definition) is 1. The maximum atomic E-state index is 12.4. The number of amides is 1. The molecule has 0 unspecified atom stereocenters. The Morgan fingerprint density at radius 2 is 2.05 bits per heavy atom. The van der Waals surface area contributed by atoms with E-state index in [2.05, 4.69) is 30.7 Å². The van der Waals surface area contributed by atoms with Gasteiger partial charge in [0.15, 0.2) is 0 Å². The Labute approximate surface area is 115 Å². The van der Waals surface area contributed by atoms with Crippen LogP contribution in [0.15, 0.2) is 12.4 Å². The quantitative estimate of drug-likeness (QED) is 0.847. The lowest BCUT2D eigenvalue weighted by atomic mass is 9.93. The summed E-state index contributed by atoms with van der Waals surface area (Å²) in [5.41, 5.74) is 6.85. The van der Waals surface area contributed by atoms with Crippen molar-refractivity contribution in [3.63, 3.8) is 0 Å². The molecule has 0 aliphatic rings. The monoisotopic (exact) mass is 264 g/mol. The molecule has 1 heterocycles. The van der Waals surface area contributed by atoms with Gasteiger partial charge in [0.25, 0.3) is 5.91 Å². The van der Waals surface area contributed by atoms with E-state index in [1.165, 1.54) is 6.20 Å². The smallest absolute Gasteiger partial charge is 0.274 e. The lowest BCUT2D eigenvalue weighted by Crippen LogP contribution is -2.42. The summed E-state index contributed by atoms with van der Waals surface area (Å²) < 4.78 is 0. The third-order valence-electron chi connectivity index (χ3n) is 2.95. The molecular formula is C14H24N4O. The first-order chi connectivity index (χ1) is 8.89. The molecule has 0 atom stereocenters. The molecule has 2 N–H and O–H groups in total. The van der Waals surface area contributed by atoms with Gasteiger partial charge in [0.2, 0.25) is 0 Å². The lowest BCUT2D eigenvalue weighted by Gasteiger charge is -2.31. The standard InChI is InChI=1S/C14H24N4O/c1-5-6-18(10-14(3,4)9-15)13(19)12-8-16-11(2)7-17-12/h7-8H,5-6,9-10,15H2,1-4H3. The average Bonchev–Trinajstić information content (AvgIpc) is 2.38. The highest BCUT2D eigenvalue weighted by atomic mass is 16.2. The van der Waals surface area contributed by atoms with Gasteiger partial charge in [-0.05, 0) is 25.3 Å². The van der Waals surface area contributed by atoms with Crippen LogP contribution in [0, 0.1) is 12.3 Å². The summed E-state index contributed by atoms with van der Waals surface area (Å²) in [5, 5.41) is 0. The highest BCUT2D eigenvalue weighted by Crippen LogP contribution is 2.16. The van der Waals surface area contributed by atoms with E-state index in [-0.39, 0.29) is 11.3 Å². The fraction of sp³-hybridized carbons (Fsp3) is 0.643. The molecule has 1 rings (SSSR count). The molecule has 5 heteroatoms. The Balaban J connectivity index is 2.86. The van der Waals surface area contributed by atoms with Gasteiger partial charge in [-0.25, -0.2) is 4.98 Å². The van der Waals surface area contributed by atoms with Crippen LogP contribution in [-0.4, -0.2) is 40.4 Å². The van der Waals surface area contributed by atoms with Gasteiger partial charge in [-0.1, -0.05) is 20.8 Å². The summed E-state index contributed by atoms with van der Waals surface area (Å²) in [4.78, 5) is 22.5. The van der Waals surface area contributed by atoms with Crippen LogP contribution in [0.25, 0.3) is 0 Å². The minimum atomic E-state index is -0.0943. The summed E-state index contributed by atoms with van der Waals surface area (Å²) >= 11 is 0. The van der Waals surface area contributed by atoms with E-state index in [0.29, 0.717) is 25.3 Å². The molecule has 0 saturated carbocycles. The number of rotatable bonds is 6. The number of carbonyl (C=O) groups is 1. The minimum Gasteiger partial charge on any atom is -0.337 e. The molecule has 0 aromatic carbocycles. The molecule has 0 saturated heterocycles. The van der Waals surface area contributed by atoms with Crippen molar-refractivity contribution in [2.75, 3.05) is 19.6 Å². The van der Waals surface area contributed by atoms with Crippen molar-refractivity contribution < 1.29 is 4.79 Å². The summed E-state index contributed by atoms with van der Waals surface area (Å²) in [6.07, 6.45) is 4.06. The normalized spacial score (nSPS) is 11.4. The van der Waals surface area contributed by atoms with Gasteiger partial charge in [0.1, 0.15) is 5.69 Å². The molecule has 1 aromatic heterocycles. The van der Waals surface area contributed by atoms with Crippen molar-refractivity contribution in [3.05, 3.63) is 23.8 Å². The topological polar surface area (TPSA) is 72.1 Å². The number of hydrogen-bond acceptors (Lipinski definition) is 4. The third kappa shape index (κ3) is 4.59. The second-order valence-corrected chi connectivity index (χ2v) is 5.64. The molecule has 106 valence electrons. The van der Waals surface area contributed by atoms with Crippen molar-refractivity contribution in [2.45, 2.75) is 34.1 Å². The first-order valence-electron chi connectivity index (χ1n) is 6.67. The van der Waals surface area contributed by atoms with E-state index in [4.69, 9.17) is 5.73 Å². The molecule has 0 bridgehead atoms. The molecule has 0 spiro atoms. The second kappa shape index (κ2) is 6.61. The Bertz CT molecular complexity index is 414. The molecular weight excluding hydrogens is 240 g/mol. The summed E-state index contributed by atoms with van der Waals surface area (Å²) in [6.45, 7) is 9.90. The molecule has 0 fully saturated rings. The van der Waals surface area contributed by atoms with Gasteiger partial charge in [-0.2, -0.15) is 0 Å². The number of nitrogens with zero attached hydrogens (tertiary/aromatic N) is 3. The third-order valence-corrected chi connectivity index (χ3v) is 2.95. The van der Waals surface area contributed by atoms with Gasteiger partial charge in [0, 0.05) is 19.3 Å². The molecule has 19 heavy (non-hydrogen) atoms. The number of nitrogens with two attached hydrogens (primary N) is 1. The average molecular weight is 264 g/mol. The van der Waals surface area contributed by atoms with Crippen LogP contribution in [-0.2, 0) is 0 Å². The van der Waals surface area contributed by atoms with Gasteiger partial charge in [0.05, 0.1) is 11.9 Å². The largest absolute Gasteiger partial charge is 0.337 e. The fourth-order valence-corrected chi connectivity index (χ4v) is 1.77. The minimum absolute atomic E-state index is 0.0733. The maximum Gasteiger partial charge on any atom is 0.274 e. The Kier molecular flexibility index (Phi) is 5.42. The molecule has 0 radical (unpaired) electrons. The van der Waals surface area contributed by atoms with Gasteiger partial charge < -0.3 is 10.6 Å². The second-order valence-electron chi connectivity index (χ2n) is 5.64. The zero-order valence-corrected chi connectivity index (χ0v) is 12.3. The zero-order chi connectivity index (χ0) is 14.5. The molecule has 1 amide bonds. The highest BCUT2D eigenvalue weighted by Gasteiger charge is 2.24. The van der Waals surface area contributed by atoms with E-state index in [1.807, 2.05) is 11.8 Å². The van der Waals surface area contributed by atoms with E-state index in [9.17, 15) is 4.79 Å². The molecule has 1 aromatic rings. The fourth-order valence-electron chi connectivity index (χ4n) is 1.77. The van der Waals surface area contributed by atoms with Crippen molar-refractivity contribution >= 4 is 5.91 Å². The van der Waals surface area contributed by atoms with Crippen molar-refractivity contribution in [1.29, 1.82) is 0 Å². The lowest BCUT2D eigenvalue weighted by molar-refractivity contribution is 0.0683. The highest BCUT2D eigenvalue weighted by molar-refractivity contribution is 5.92. The predicted octanol–water partition coefficient (Wildman–Crippen LogP) is 1.62. The van der Waals surface area contributed by atoms with Crippen LogP contribution in [0.1, 0.15) is 43.4 Å². The van der Waals surface area contributed by atoms with Crippen molar-refractivity contribution in [3.8, 4) is 0 Å². The number of aryl methyl sites for hydroxylation is 1. The van der Waals surface area contributed by atoms with Crippen LogP contribution in [0.4, 0.5) is 0 Å². The van der Waals surface area contributed by atoms with Gasteiger partial charge in [-0.15, -0.1) is 0 Å². The Morgan fingerprint density at radius 3 is 2.53 bits per heavy atom. The van der Waals surface area contributed by atoms with E-state index in [0.717, 1.165) is 12.1 Å². The predicted molar refractivity (Wildman–Crippen MR) is 75.8 cm³/mol. The van der Waals surface area contributed by atoms with E-state index >= 15 is 0 Å². The Hall–Kier alpha value is -1.49. The van der Waals surface area contributed by atoms with Crippen LogP contribution in [0.3, 0.4) is 0 Å². The summed E-state index contributed by atoms with van der Waals surface area (Å²) in [7, 11) is 0. The van der Waals surface area contributed by atoms with Crippen LogP contribution >= 0.6 is 0 Å². The van der Waals surface area contributed by atoms with Gasteiger partial charge in [-0.3, -0.25) is 9.78 Å². The van der Waals surface area contributed by atoms with Crippen LogP contribution in [0.5, 0.6) is 0 Å². The summed E-state index contributed by atoms with van der Waals surface area (Å²) in [6, 6.07) is 0. The first-order valence-corrected chi connectivity index (χ1v) is 6.67. The Morgan fingerprint density at radius 1 is 1.37 bits per heavy atom. The van der Waals surface area contributed by atoms with E-state index in [1.54, 1.807) is 6.20 Å². The van der Waals surface area contributed by atoms with E-state index < -0.39 is 0 Å². The maximum absolute atomic E-state index is 12.4. The first kappa shape index (κ1) is 15.6. The SMILES string of the molecule is CCCN(CC(C)(C)CN)C(=O)c1cnc(C)cn1. The number of carbonyl (C=O) groups excluding carboxylic acids is 1. The summed E-state index contributed by atoms with van der Waals surface area (Å²) in [5.74, 6) is -0.0733. The van der Waals surface area contributed by atoms with Crippen molar-refractivity contribution in [2.24, 2.45) is 11.1 Å².